The summed E-state index contributed by atoms with van der Waals surface area (Å²) in [5, 5.41) is 4.07. The highest BCUT2D eigenvalue weighted by Crippen LogP contribution is 2.15. The van der Waals surface area contributed by atoms with Crippen molar-refractivity contribution in [2.24, 2.45) is 0 Å². The molecule has 0 radical (unpaired) electrons. The summed E-state index contributed by atoms with van der Waals surface area (Å²) in [6.07, 6.45) is 5.61. The van der Waals surface area contributed by atoms with E-state index in [1.807, 2.05) is 13.8 Å². The highest BCUT2D eigenvalue weighted by Gasteiger charge is 2.23. The summed E-state index contributed by atoms with van der Waals surface area (Å²) in [5.74, 6) is 0.541. The van der Waals surface area contributed by atoms with Gasteiger partial charge in [-0.3, -0.25) is 4.68 Å². The van der Waals surface area contributed by atoms with Crippen LogP contribution in [0.1, 0.15) is 33.1 Å². The number of halogens is 1. The van der Waals surface area contributed by atoms with Crippen LogP contribution in [0, 0.1) is 0 Å². The van der Waals surface area contributed by atoms with Gasteiger partial charge >= 0.3 is 0 Å². The Hall–Kier alpha value is -0.590. The maximum atomic E-state index is 12.4. The monoisotopic (exact) mass is 307 g/mol. The summed E-state index contributed by atoms with van der Waals surface area (Å²) in [6, 6.07) is 0. The molecule has 0 N–H and O–H groups in total. The third-order valence-corrected chi connectivity index (χ3v) is 5.08. The molecule has 5 nitrogen and oxygen atoms in total. The second kappa shape index (κ2) is 7.87. The lowest BCUT2D eigenvalue weighted by molar-refractivity contribution is 0.419. The van der Waals surface area contributed by atoms with Crippen molar-refractivity contribution >= 4 is 21.6 Å². The summed E-state index contributed by atoms with van der Waals surface area (Å²) < 4.78 is 27.9. The van der Waals surface area contributed by atoms with E-state index in [1.54, 1.807) is 10.9 Å². The molecule has 0 atom stereocenters. The Morgan fingerprint density at radius 1 is 1.37 bits per heavy atom. The van der Waals surface area contributed by atoms with Gasteiger partial charge < -0.3 is 0 Å². The van der Waals surface area contributed by atoms with Crippen LogP contribution in [0.3, 0.4) is 0 Å². The van der Waals surface area contributed by atoms with Gasteiger partial charge in [-0.25, -0.2) is 8.42 Å². The van der Waals surface area contributed by atoms with Gasteiger partial charge in [-0.05, 0) is 12.8 Å². The van der Waals surface area contributed by atoms with Crippen molar-refractivity contribution in [1.82, 2.24) is 14.1 Å². The number of aromatic nitrogens is 2. The molecule has 1 aromatic heterocycles. The van der Waals surface area contributed by atoms with E-state index in [-0.39, 0.29) is 4.90 Å². The smallest absolute Gasteiger partial charge is 0.246 e. The Kier molecular flexibility index (Phi) is 6.82. The molecule has 0 amide bonds. The average Bonchev–Trinajstić information content (AvgIpc) is 2.86. The van der Waals surface area contributed by atoms with Gasteiger partial charge in [-0.1, -0.05) is 20.3 Å². The van der Waals surface area contributed by atoms with Crippen LogP contribution in [0.15, 0.2) is 17.3 Å². The molecule has 1 rings (SSSR count). The van der Waals surface area contributed by atoms with Crippen molar-refractivity contribution in [3.63, 3.8) is 0 Å². The third kappa shape index (κ3) is 4.47. The zero-order valence-corrected chi connectivity index (χ0v) is 13.1. The van der Waals surface area contributed by atoms with Crippen LogP contribution in [-0.4, -0.2) is 41.5 Å². The highest BCUT2D eigenvalue weighted by molar-refractivity contribution is 7.89. The Labute approximate surface area is 120 Å². The number of unbranched alkanes of at least 4 members (excludes halogenated alkanes) is 1. The fourth-order valence-electron chi connectivity index (χ4n) is 1.75. The van der Waals surface area contributed by atoms with E-state index in [9.17, 15) is 8.42 Å². The van der Waals surface area contributed by atoms with Gasteiger partial charge in [-0.2, -0.15) is 9.40 Å². The van der Waals surface area contributed by atoms with Crippen molar-refractivity contribution in [3.8, 4) is 0 Å². The second-order valence-electron chi connectivity index (χ2n) is 4.33. The van der Waals surface area contributed by atoms with E-state index in [2.05, 4.69) is 5.10 Å². The summed E-state index contributed by atoms with van der Waals surface area (Å²) >= 11 is 5.61. The van der Waals surface area contributed by atoms with Gasteiger partial charge in [0.1, 0.15) is 4.90 Å². The van der Waals surface area contributed by atoms with E-state index < -0.39 is 10.0 Å². The standard InChI is InChI=1S/C12H22ClN3O2S/c1-3-5-9-16(4-2)19(17,18)12-10-14-15(11-12)8-6-7-13/h10-11H,3-9H2,1-2H3. The van der Waals surface area contributed by atoms with Crippen LogP contribution in [0.4, 0.5) is 0 Å². The zero-order chi connectivity index (χ0) is 14.3. The molecule has 19 heavy (non-hydrogen) atoms. The van der Waals surface area contributed by atoms with Crippen molar-refractivity contribution in [2.75, 3.05) is 19.0 Å². The number of hydrogen-bond acceptors (Lipinski definition) is 3. The largest absolute Gasteiger partial charge is 0.271 e. The van der Waals surface area contributed by atoms with E-state index in [1.165, 1.54) is 10.5 Å². The molecule has 7 heteroatoms. The Morgan fingerprint density at radius 3 is 2.68 bits per heavy atom. The number of hydrogen-bond donors (Lipinski definition) is 0. The molecule has 0 aliphatic carbocycles. The lowest BCUT2D eigenvalue weighted by Gasteiger charge is -2.18. The van der Waals surface area contributed by atoms with Crippen molar-refractivity contribution in [1.29, 1.82) is 0 Å². The van der Waals surface area contributed by atoms with E-state index in [0.717, 1.165) is 19.3 Å². The SMILES string of the molecule is CCCCN(CC)S(=O)(=O)c1cnn(CCCCl)c1. The normalized spacial score (nSPS) is 12.2. The summed E-state index contributed by atoms with van der Waals surface area (Å²) in [7, 11) is -3.41. The van der Waals surface area contributed by atoms with Crippen LogP contribution in [0.25, 0.3) is 0 Å². The molecule has 0 aromatic carbocycles. The average molecular weight is 308 g/mol. The lowest BCUT2D eigenvalue weighted by atomic mass is 10.3. The summed E-state index contributed by atoms with van der Waals surface area (Å²) in [6.45, 7) is 5.58. The second-order valence-corrected chi connectivity index (χ2v) is 6.65. The minimum Gasteiger partial charge on any atom is -0.271 e. The molecule has 0 spiro atoms. The molecule has 0 saturated heterocycles. The Balaban J connectivity index is 2.82. The molecule has 110 valence electrons. The predicted molar refractivity (Wildman–Crippen MR) is 76.9 cm³/mol. The first-order valence-electron chi connectivity index (χ1n) is 6.64. The lowest BCUT2D eigenvalue weighted by Crippen LogP contribution is -2.31. The first-order valence-corrected chi connectivity index (χ1v) is 8.62. The topological polar surface area (TPSA) is 55.2 Å². The maximum Gasteiger partial charge on any atom is 0.246 e. The van der Waals surface area contributed by atoms with Gasteiger partial charge in [0.05, 0.1) is 6.20 Å². The van der Waals surface area contributed by atoms with E-state index in [0.29, 0.717) is 25.5 Å². The fourth-order valence-corrected chi connectivity index (χ4v) is 3.32. The van der Waals surface area contributed by atoms with Crippen LogP contribution >= 0.6 is 11.6 Å². The molecule has 0 bridgehead atoms. The van der Waals surface area contributed by atoms with Crippen LogP contribution in [0.2, 0.25) is 0 Å². The molecule has 0 aliphatic rings. The van der Waals surface area contributed by atoms with Crippen molar-refractivity contribution in [2.45, 2.75) is 44.6 Å². The van der Waals surface area contributed by atoms with E-state index in [4.69, 9.17) is 11.6 Å². The predicted octanol–water partition coefficient (Wildman–Crippen LogP) is 2.32. The van der Waals surface area contributed by atoms with Crippen molar-refractivity contribution < 1.29 is 8.42 Å². The fraction of sp³-hybridized carbons (Fsp3) is 0.750. The van der Waals surface area contributed by atoms with Gasteiger partial charge in [0.15, 0.2) is 0 Å². The highest BCUT2D eigenvalue weighted by atomic mass is 35.5. The number of alkyl halides is 1. The number of nitrogens with zero attached hydrogens (tertiary/aromatic N) is 3. The molecule has 1 heterocycles. The first kappa shape index (κ1) is 16.5. The van der Waals surface area contributed by atoms with Gasteiger partial charge in [-0.15, -0.1) is 11.6 Å². The van der Waals surface area contributed by atoms with Crippen LogP contribution in [0.5, 0.6) is 0 Å². The van der Waals surface area contributed by atoms with Crippen LogP contribution < -0.4 is 0 Å². The Morgan fingerprint density at radius 2 is 2.11 bits per heavy atom. The number of aryl methyl sites for hydroxylation is 1. The molecular weight excluding hydrogens is 286 g/mol. The quantitative estimate of drug-likeness (QED) is 0.658. The molecule has 0 unspecified atom stereocenters. The van der Waals surface area contributed by atoms with Crippen molar-refractivity contribution in [3.05, 3.63) is 12.4 Å². The van der Waals surface area contributed by atoms with Gasteiger partial charge in [0.25, 0.3) is 0 Å². The van der Waals surface area contributed by atoms with E-state index >= 15 is 0 Å². The zero-order valence-electron chi connectivity index (χ0n) is 11.5. The van der Waals surface area contributed by atoms with Gasteiger partial charge in [0.2, 0.25) is 10.0 Å². The molecule has 0 saturated carbocycles. The first-order chi connectivity index (χ1) is 9.06. The minimum absolute atomic E-state index is 0.264. The number of sulfonamides is 1. The number of rotatable bonds is 9. The van der Waals surface area contributed by atoms with Crippen LogP contribution in [-0.2, 0) is 16.6 Å². The molecular formula is C12H22ClN3O2S. The third-order valence-electron chi connectivity index (χ3n) is 2.88. The maximum absolute atomic E-state index is 12.4. The molecule has 0 aliphatic heterocycles. The van der Waals surface area contributed by atoms with Gasteiger partial charge in [0, 0.05) is 31.7 Å². The summed E-state index contributed by atoms with van der Waals surface area (Å²) in [5.41, 5.74) is 0. The molecule has 1 aromatic rings. The minimum atomic E-state index is -3.41. The Bertz CT molecular complexity index is 473. The summed E-state index contributed by atoms with van der Waals surface area (Å²) in [4.78, 5) is 0.264. The molecule has 0 fully saturated rings.